The van der Waals surface area contributed by atoms with Crippen molar-refractivity contribution in [1.82, 2.24) is 14.9 Å². The summed E-state index contributed by atoms with van der Waals surface area (Å²) in [5, 5.41) is 8.11. The number of fused-ring (bicyclic) bond motifs is 1. The molecule has 0 aliphatic carbocycles. The minimum atomic E-state index is -0.836. The molecule has 1 aromatic heterocycles. The highest BCUT2D eigenvalue weighted by Crippen LogP contribution is 2.20. The number of ketones is 1. The Bertz CT molecular complexity index is 1220. The van der Waals surface area contributed by atoms with Gasteiger partial charge in [-0.05, 0) is 30.7 Å². The van der Waals surface area contributed by atoms with Crippen LogP contribution in [0, 0.1) is 0 Å². The number of nitrogens with zero attached hydrogens (tertiary/aromatic N) is 2. The van der Waals surface area contributed by atoms with E-state index < -0.39 is 6.04 Å². The summed E-state index contributed by atoms with van der Waals surface area (Å²) in [5.74, 6) is -1.05. The zero-order valence-corrected chi connectivity index (χ0v) is 17.3. The topological polar surface area (TPSA) is 122 Å². The first-order valence-electron chi connectivity index (χ1n) is 10.0. The SMILES string of the molecule is Cn1ccnc1C(=O)c1cccc(NC(=O)CCC2NC(=O)c3ccccc3NC2=O)c1. The van der Waals surface area contributed by atoms with E-state index in [-0.39, 0.29) is 36.3 Å². The number of aryl methyl sites for hydroxylation is 1. The number of amides is 3. The molecule has 1 atom stereocenters. The fourth-order valence-corrected chi connectivity index (χ4v) is 3.47. The maximum Gasteiger partial charge on any atom is 0.254 e. The molecule has 2 aromatic carbocycles. The molecule has 2 heterocycles. The lowest BCUT2D eigenvalue weighted by atomic mass is 10.1. The predicted octanol–water partition coefficient (Wildman–Crippen LogP) is 2.12. The smallest absolute Gasteiger partial charge is 0.254 e. The number of benzene rings is 2. The molecular formula is C23H21N5O4. The van der Waals surface area contributed by atoms with E-state index in [2.05, 4.69) is 20.9 Å². The number of anilines is 2. The van der Waals surface area contributed by atoms with Crippen molar-refractivity contribution in [2.24, 2.45) is 7.05 Å². The second-order valence-corrected chi connectivity index (χ2v) is 7.42. The summed E-state index contributed by atoms with van der Waals surface area (Å²) in [6, 6.07) is 12.4. The first-order valence-corrected chi connectivity index (χ1v) is 10.0. The molecule has 0 bridgehead atoms. The van der Waals surface area contributed by atoms with E-state index in [0.717, 1.165) is 0 Å². The van der Waals surface area contributed by atoms with Crippen LogP contribution >= 0.6 is 0 Å². The molecule has 162 valence electrons. The summed E-state index contributed by atoms with van der Waals surface area (Å²) in [4.78, 5) is 53.9. The number of nitrogens with one attached hydrogen (secondary N) is 3. The van der Waals surface area contributed by atoms with Crippen LogP contribution in [0.2, 0.25) is 0 Å². The standard InChI is InChI=1S/C23H21N5O4/c1-28-12-11-24-21(28)20(30)14-5-4-6-15(13-14)25-19(29)10-9-18-23(32)26-17-8-3-2-7-16(17)22(31)27-18/h2-8,11-13,18H,9-10H2,1H3,(H,25,29)(H,26,32)(H,27,31). The largest absolute Gasteiger partial charge is 0.340 e. The summed E-state index contributed by atoms with van der Waals surface area (Å²) >= 11 is 0. The molecule has 1 unspecified atom stereocenters. The molecular weight excluding hydrogens is 410 g/mol. The van der Waals surface area contributed by atoms with Crippen molar-refractivity contribution in [2.75, 3.05) is 10.6 Å². The molecule has 9 nitrogen and oxygen atoms in total. The number of para-hydroxylation sites is 1. The first-order chi connectivity index (χ1) is 15.4. The minimum Gasteiger partial charge on any atom is -0.340 e. The van der Waals surface area contributed by atoms with Gasteiger partial charge in [0, 0.05) is 37.1 Å². The van der Waals surface area contributed by atoms with E-state index in [1.807, 2.05) is 0 Å². The highest BCUT2D eigenvalue weighted by molar-refractivity contribution is 6.10. The molecule has 9 heteroatoms. The Labute approximate surface area is 183 Å². The van der Waals surface area contributed by atoms with Crippen LogP contribution in [0.25, 0.3) is 0 Å². The van der Waals surface area contributed by atoms with Gasteiger partial charge >= 0.3 is 0 Å². The molecule has 3 amide bonds. The van der Waals surface area contributed by atoms with Crippen molar-refractivity contribution in [3.05, 3.63) is 77.9 Å². The zero-order chi connectivity index (χ0) is 22.7. The quantitative estimate of drug-likeness (QED) is 0.516. The van der Waals surface area contributed by atoms with Gasteiger partial charge in [0.15, 0.2) is 5.82 Å². The van der Waals surface area contributed by atoms with Crippen molar-refractivity contribution in [1.29, 1.82) is 0 Å². The fourth-order valence-electron chi connectivity index (χ4n) is 3.47. The lowest BCUT2D eigenvalue weighted by molar-refractivity contribution is -0.118. The normalized spacial score (nSPS) is 15.2. The maximum atomic E-state index is 12.6. The van der Waals surface area contributed by atoms with E-state index in [1.54, 1.807) is 72.5 Å². The van der Waals surface area contributed by atoms with Gasteiger partial charge in [-0.25, -0.2) is 4.98 Å². The number of hydrogen-bond donors (Lipinski definition) is 3. The molecule has 3 aromatic rings. The van der Waals surface area contributed by atoms with Gasteiger partial charge in [0.1, 0.15) is 6.04 Å². The van der Waals surface area contributed by atoms with Gasteiger partial charge < -0.3 is 20.5 Å². The summed E-state index contributed by atoms with van der Waals surface area (Å²) < 4.78 is 1.62. The Morgan fingerprint density at radius 2 is 1.94 bits per heavy atom. The number of imidazole rings is 1. The second-order valence-electron chi connectivity index (χ2n) is 7.42. The molecule has 0 radical (unpaired) electrons. The Morgan fingerprint density at radius 1 is 1.12 bits per heavy atom. The molecule has 0 spiro atoms. The Balaban J connectivity index is 1.37. The van der Waals surface area contributed by atoms with Crippen LogP contribution in [0.1, 0.15) is 39.4 Å². The molecule has 1 aliphatic heterocycles. The van der Waals surface area contributed by atoms with Gasteiger partial charge in [-0.15, -0.1) is 0 Å². The third-order valence-corrected chi connectivity index (χ3v) is 5.14. The average Bonchev–Trinajstić information content (AvgIpc) is 3.17. The summed E-state index contributed by atoms with van der Waals surface area (Å²) in [6.45, 7) is 0. The monoisotopic (exact) mass is 431 g/mol. The number of carbonyl (C=O) groups excluding carboxylic acids is 4. The lowest BCUT2D eigenvalue weighted by Gasteiger charge is -2.14. The van der Waals surface area contributed by atoms with Crippen LogP contribution in [-0.4, -0.2) is 39.1 Å². The third-order valence-electron chi connectivity index (χ3n) is 5.14. The molecule has 32 heavy (non-hydrogen) atoms. The van der Waals surface area contributed by atoms with E-state index in [0.29, 0.717) is 28.3 Å². The van der Waals surface area contributed by atoms with Crippen molar-refractivity contribution >= 4 is 34.9 Å². The average molecular weight is 431 g/mol. The molecule has 1 aliphatic rings. The number of carbonyl (C=O) groups is 4. The van der Waals surface area contributed by atoms with Crippen LogP contribution in [0.3, 0.4) is 0 Å². The van der Waals surface area contributed by atoms with Crippen LogP contribution in [0.15, 0.2) is 60.9 Å². The second kappa shape index (κ2) is 8.84. The maximum absolute atomic E-state index is 12.6. The van der Waals surface area contributed by atoms with Gasteiger partial charge in [0.25, 0.3) is 5.91 Å². The van der Waals surface area contributed by atoms with Crippen LogP contribution in [-0.2, 0) is 16.6 Å². The molecule has 0 saturated carbocycles. The number of rotatable bonds is 6. The van der Waals surface area contributed by atoms with Gasteiger partial charge in [0.05, 0.1) is 11.3 Å². The summed E-state index contributed by atoms with van der Waals surface area (Å²) in [7, 11) is 1.73. The van der Waals surface area contributed by atoms with Gasteiger partial charge in [-0.2, -0.15) is 0 Å². The molecule has 3 N–H and O–H groups in total. The van der Waals surface area contributed by atoms with Gasteiger partial charge in [-0.3, -0.25) is 19.2 Å². The van der Waals surface area contributed by atoms with E-state index >= 15 is 0 Å². The fraction of sp³-hybridized carbons (Fsp3) is 0.174. The van der Waals surface area contributed by atoms with Crippen LogP contribution in [0.5, 0.6) is 0 Å². The number of hydrogen-bond acceptors (Lipinski definition) is 5. The Hall–Kier alpha value is -4.27. The highest BCUT2D eigenvalue weighted by Gasteiger charge is 2.27. The third kappa shape index (κ3) is 4.41. The lowest BCUT2D eigenvalue weighted by Crippen LogP contribution is -2.41. The van der Waals surface area contributed by atoms with E-state index in [9.17, 15) is 19.2 Å². The van der Waals surface area contributed by atoms with Crippen molar-refractivity contribution in [2.45, 2.75) is 18.9 Å². The van der Waals surface area contributed by atoms with Crippen LogP contribution < -0.4 is 16.0 Å². The predicted molar refractivity (Wildman–Crippen MR) is 117 cm³/mol. The van der Waals surface area contributed by atoms with Crippen molar-refractivity contribution < 1.29 is 19.2 Å². The van der Waals surface area contributed by atoms with Gasteiger partial charge in [0.2, 0.25) is 17.6 Å². The molecule has 4 rings (SSSR count). The molecule has 0 fully saturated rings. The van der Waals surface area contributed by atoms with E-state index in [1.165, 1.54) is 0 Å². The minimum absolute atomic E-state index is 0.00620. The van der Waals surface area contributed by atoms with Crippen LogP contribution in [0.4, 0.5) is 11.4 Å². The Kier molecular flexibility index (Phi) is 5.80. The Morgan fingerprint density at radius 3 is 2.72 bits per heavy atom. The van der Waals surface area contributed by atoms with Crippen molar-refractivity contribution in [3.63, 3.8) is 0 Å². The van der Waals surface area contributed by atoms with E-state index in [4.69, 9.17) is 0 Å². The highest BCUT2D eigenvalue weighted by atomic mass is 16.2. The zero-order valence-electron chi connectivity index (χ0n) is 17.3. The van der Waals surface area contributed by atoms with Crippen molar-refractivity contribution in [3.8, 4) is 0 Å². The summed E-state index contributed by atoms with van der Waals surface area (Å²) in [6.07, 6.45) is 3.36. The number of aromatic nitrogens is 2. The molecule has 0 saturated heterocycles. The first kappa shape index (κ1) is 21.0. The summed E-state index contributed by atoms with van der Waals surface area (Å²) in [5.41, 5.74) is 1.67. The van der Waals surface area contributed by atoms with Gasteiger partial charge in [-0.1, -0.05) is 24.3 Å².